The molecule has 1 fully saturated rings. The fourth-order valence-electron chi connectivity index (χ4n) is 2.11. The number of nitro groups is 1. The van der Waals surface area contributed by atoms with Gasteiger partial charge in [0.25, 0.3) is 11.6 Å². The number of nitrogens with zero attached hydrogens (tertiary/aromatic N) is 1. The van der Waals surface area contributed by atoms with Gasteiger partial charge in [0.1, 0.15) is 0 Å². The molecule has 1 heterocycles. The van der Waals surface area contributed by atoms with Crippen molar-refractivity contribution in [2.24, 2.45) is 0 Å². The Labute approximate surface area is 125 Å². The molecule has 1 aliphatic heterocycles. The van der Waals surface area contributed by atoms with Gasteiger partial charge >= 0.3 is 0 Å². The number of carbonyl (C=O) groups excluding carboxylic acids is 1. The second-order valence-corrected chi connectivity index (χ2v) is 5.77. The van der Waals surface area contributed by atoms with Crippen LogP contribution in [0.3, 0.4) is 0 Å². The molecule has 108 valence electrons. The lowest BCUT2D eigenvalue weighted by molar-refractivity contribution is -0.384. The predicted octanol–water partition coefficient (Wildman–Crippen LogP) is 2.38. The summed E-state index contributed by atoms with van der Waals surface area (Å²) in [4.78, 5) is 22.4. The quantitative estimate of drug-likeness (QED) is 0.662. The first-order chi connectivity index (χ1) is 9.32. The summed E-state index contributed by atoms with van der Waals surface area (Å²) in [5, 5.41) is 16.8. The van der Waals surface area contributed by atoms with Gasteiger partial charge in [-0.15, -0.1) is 0 Å². The average Bonchev–Trinajstić information content (AvgIpc) is 2.78. The number of benzene rings is 1. The maximum absolute atomic E-state index is 12.2. The summed E-state index contributed by atoms with van der Waals surface area (Å²) in [6.07, 6.45) is 0.777. The van der Waals surface area contributed by atoms with Gasteiger partial charge in [-0.1, -0.05) is 23.2 Å². The zero-order valence-corrected chi connectivity index (χ0v) is 12.2. The minimum Gasteiger partial charge on any atom is -0.346 e. The van der Waals surface area contributed by atoms with E-state index in [2.05, 4.69) is 10.6 Å². The highest BCUT2D eigenvalue weighted by atomic mass is 35.5. The van der Waals surface area contributed by atoms with Crippen LogP contribution in [0.1, 0.15) is 23.7 Å². The largest absolute Gasteiger partial charge is 0.346 e. The van der Waals surface area contributed by atoms with Crippen LogP contribution in [0.4, 0.5) is 5.69 Å². The minimum atomic E-state index is -0.613. The molecule has 1 saturated heterocycles. The number of nitrogens with one attached hydrogen (secondary N) is 2. The van der Waals surface area contributed by atoms with Crippen molar-refractivity contribution < 1.29 is 9.72 Å². The van der Waals surface area contributed by atoms with Gasteiger partial charge < -0.3 is 10.6 Å². The van der Waals surface area contributed by atoms with Crippen molar-refractivity contribution in [3.05, 3.63) is 37.9 Å². The van der Waals surface area contributed by atoms with Gasteiger partial charge in [0, 0.05) is 18.7 Å². The molecule has 0 bridgehead atoms. The SMILES string of the molecule is CC1(NC(=O)c2cc([N+](=O)[O-])cc(Cl)c2Cl)CCNC1. The molecule has 1 aromatic carbocycles. The molecule has 8 heteroatoms. The van der Waals surface area contributed by atoms with Crippen molar-refractivity contribution in [2.75, 3.05) is 13.1 Å². The van der Waals surface area contributed by atoms with Crippen LogP contribution in [0.15, 0.2) is 12.1 Å². The summed E-state index contributed by atoms with van der Waals surface area (Å²) in [5.74, 6) is -0.466. The highest BCUT2D eigenvalue weighted by Crippen LogP contribution is 2.31. The highest BCUT2D eigenvalue weighted by Gasteiger charge is 2.31. The van der Waals surface area contributed by atoms with Crippen molar-refractivity contribution in [3.8, 4) is 0 Å². The number of nitro benzene ring substituents is 1. The molecule has 0 aliphatic carbocycles. The average molecular weight is 318 g/mol. The van der Waals surface area contributed by atoms with Crippen LogP contribution < -0.4 is 10.6 Å². The van der Waals surface area contributed by atoms with E-state index in [0.29, 0.717) is 6.54 Å². The van der Waals surface area contributed by atoms with Crippen molar-refractivity contribution in [1.29, 1.82) is 0 Å². The molecule has 2 N–H and O–H groups in total. The van der Waals surface area contributed by atoms with Crippen LogP contribution in [0.2, 0.25) is 10.0 Å². The van der Waals surface area contributed by atoms with Crippen LogP contribution >= 0.6 is 23.2 Å². The lowest BCUT2D eigenvalue weighted by atomic mass is 10.0. The van der Waals surface area contributed by atoms with Gasteiger partial charge in [0.15, 0.2) is 0 Å². The molecule has 1 amide bonds. The summed E-state index contributed by atoms with van der Waals surface area (Å²) < 4.78 is 0. The lowest BCUT2D eigenvalue weighted by Crippen LogP contribution is -2.47. The molecule has 1 aromatic rings. The predicted molar refractivity (Wildman–Crippen MR) is 76.5 cm³/mol. The first-order valence-electron chi connectivity index (χ1n) is 5.99. The normalized spacial score (nSPS) is 21.8. The van der Waals surface area contributed by atoms with Gasteiger partial charge in [-0.2, -0.15) is 0 Å². The second kappa shape index (κ2) is 5.55. The third kappa shape index (κ3) is 3.03. The molecule has 1 unspecified atom stereocenters. The Morgan fingerprint density at radius 2 is 2.20 bits per heavy atom. The van der Waals surface area contributed by atoms with Crippen molar-refractivity contribution in [3.63, 3.8) is 0 Å². The third-order valence-electron chi connectivity index (χ3n) is 3.25. The van der Waals surface area contributed by atoms with Crippen molar-refractivity contribution in [1.82, 2.24) is 10.6 Å². The fraction of sp³-hybridized carbons (Fsp3) is 0.417. The number of amides is 1. The van der Waals surface area contributed by atoms with E-state index in [1.165, 1.54) is 0 Å². The van der Waals surface area contributed by atoms with Gasteiger partial charge in [-0.25, -0.2) is 0 Å². The van der Waals surface area contributed by atoms with Crippen molar-refractivity contribution in [2.45, 2.75) is 18.9 Å². The van der Waals surface area contributed by atoms with E-state index in [9.17, 15) is 14.9 Å². The van der Waals surface area contributed by atoms with Crippen LogP contribution in [0, 0.1) is 10.1 Å². The molecule has 1 atom stereocenters. The Morgan fingerprint density at radius 3 is 2.75 bits per heavy atom. The van der Waals surface area contributed by atoms with E-state index < -0.39 is 16.4 Å². The molecule has 0 spiro atoms. The first-order valence-corrected chi connectivity index (χ1v) is 6.75. The first kappa shape index (κ1) is 15.0. The number of hydrogen-bond donors (Lipinski definition) is 2. The summed E-state index contributed by atoms with van der Waals surface area (Å²) in [6, 6.07) is 2.26. The Balaban J connectivity index is 2.31. The Morgan fingerprint density at radius 1 is 1.50 bits per heavy atom. The summed E-state index contributed by atoms with van der Waals surface area (Å²) >= 11 is 11.8. The van der Waals surface area contributed by atoms with Crippen molar-refractivity contribution >= 4 is 34.8 Å². The molecule has 1 aliphatic rings. The summed E-state index contributed by atoms with van der Waals surface area (Å²) in [5.41, 5.74) is -0.643. The molecule has 6 nitrogen and oxygen atoms in total. The lowest BCUT2D eigenvalue weighted by Gasteiger charge is -2.24. The Hall–Kier alpha value is -1.37. The topological polar surface area (TPSA) is 84.3 Å². The summed E-state index contributed by atoms with van der Waals surface area (Å²) in [6.45, 7) is 3.34. The number of non-ortho nitro benzene ring substituents is 1. The number of hydrogen-bond acceptors (Lipinski definition) is 4. The molecule has 2 rings (SSSR count). The van der Waals surface area contributed by atoms with E-state index in [4.69, 9.17) is 23.2 Å². The van der Waals surface area contributed by atoms with E-state index in [1.807, 2.05) is 6.92 Å². The summed E-state index contributed by atoms with van der Waals surface area (Å²) in [7, 11) is 0. The molecule has 0 radical (unpaired) electrons. The number of carbonyl (C=O) groups is 1. The molecular formula is C12H13Cl2N3O3. The van der Waals surface area contributed by atoms with Crippen LogP contribution in [-0.2, 0) is 0 Å². The minimum absolute atomic E-state index is 0.0130. The van der Waals surface area contributed by atoms with Crippen LogP contribution in [0.5, 0.6) is 0 Å². The highest BCUT2D eigenvalue weighted by molar-refractivity contribution is 6.44. The number of rotatable bonds is 3. The van der Waals surface area contributed by atoms with Crippen LogP contribution in [-0.4, -0.2) is 29.5 Å². The Kier molecular flexibility index (Phi) is 4.17. The van der Waals surface area contributed by atoms with Crippen LogP contribution in [0.25, 0.3) is 0 Å². The number of halogens is 2. The zero-order chi connectivity index (χ0) is 14.9. The van der Waals surface area contributed by atoms with Gasteiger partial charge in [0.05, 0.1) is 26.1 Å². The van der Waals surface area contributed by atoms with E-state index in [-0.39, 0.29) is 21.3 Å². The smallest absolute Gasteiger partial charge is 0.271 e. The monoisotopic (exact) mass is 317 g/mol. The fourth-order valence-corrected chi connectivity index (χ4v) is 2.52. The third-order valence-corrected chi connectivity index (χ3v) is 4.05. The molecule has 0 saturated carbocycles. The standard InChI is InChI=1S/C12H13Cl2N3O3/c1-12(2-3-15-6-12)16-11(18)8-4-7(17(19)20)5-9(13)10(8)14/h4-5,15H,2-3,6H2,1H3,(H,16,18). The molecule has 0 aromatic heterocycles. The van der Waals surface area contributed by atoms with E-state index >= 15 is 0 Å². The van der Waals surface area contributed by atoms with E-state index in [1.54, 1.807) is 0 Å². The second-order valence-electron chi connectivity index (χ2n) is 4.99. The maximum atomic E-state index is 12.2. The molecular weight excluding hydrogens is 305 g/mol. The maximum Gasteiger partial charge on any atom is 0.271 e. The Bertz CT molecular complexity index is 571. The molecule has 20 heavy (non-hydrogen) atoms. The van der Waals surface area contributed by atoms with E-state index in [0.717, 1.165) is 25.1 Å². The zero-order valence-electron chi connectivity index (χ0n) is 10.7. The van der Waals surface area contributed by atoms with Gasteiger partial charge in [-0.3, -0.25) is 14.9 Å². The van der Waals surface area contributed by atoms with Gasteiger partial charge in [-0.05, 0) is 19.9 Å². The van der Waals surface area contributed by atoms with Gasteiger partial charge in [0.2, 0.25) is 0 Å².